The van der Waals surface area contributed by atoms with Crippen LogP contribution in [0.5, 0.6) is 0 Å². The van der Waals surface area contributed by atoms with Crippen molar-refractivity contribution in [2.45, 2.75) is 38.3 Å². The van der Waals surface area contributed by atoms with Crippen molar-refractivity contribution in [3.63, 3.8) is 0 Å². The third kappa shape index (κ3) is 4.82. The van der Waals surface area contributed by atoms with Crippen molar-refractivity contribution in [1.82, 2.24) is 15.2 Å². The Kier molecular flexibility index (Phi) is 6.41. The number of hydrogen-bond donors (Lipinski definition) is 1. The van der Waals surface area contributed by atoms with E-state index in [1.54, 1.807) is 6.20 Å². The summed E-state index contributed by atoms with van der Waals surface area (Å²) >= 11 is 0. The predicted molar refractivity (Wildman–Crippen MR) is 120 cm³/mol. The lowest BCUT2D eigenvalue weighted by Crippen LogP contribution is -2.35. The number of hydrogen-bond acceptors (Lipinski definition) is 3. The molecule has 0 aliphatic carbocycles. The van der Waals surface area contributed by atoms with Crippen molar-refractivity contribution in [2.75, 3.05) is 6.54 Å². The molecule has 1 fully saturated rings. The van der Waals surface area contributed by atoms with Gasteiger partial charge >= 0.3 is 0 Å². The topological polar surface area (TPSA) is 62.3 Å². The number of likely N-dealkylation sites (tertiary alicyclic amines) is 1. The summed E-state index contributed by atoms with van der Waals surface area (Å²) in [5.74, 6) is -0.290. The molecule has 1 aliphatic heterocycles. The summed E-state index contributed by atoms with van der Waals surface area (Å²) in [6, 6.07) is 24.0. The number of nitrogens with one attached hydrogen (secondary N) is 1. The summed E-state index contributed by atoms with van der Waals surface area (Å²) < 4.78 is 0. The van der Waals surface area contributed by atoms with Crippen molar-refractivity contribution >= 4 is 11.8 Å². The van der Waals surface area contributed by atoms with E-state index >= 15 is 0 Å². The van der Waals surface area contributed by atoms with Gasteiger partial charge in [-0.1, -0.05) is 60.7 Å². The highest BCUT2D eigenvalue weighted by Gasteiger charge is 2.35. The van der Waals surface area contributed by atoms with E-state index in [2.05, 4.69) is 10.3 Å². The molecule has 5 nitrogen and oxygen atoms in total. The monoisotopic (exact) mass is 413 g/mol. The molecule has 31 heavy (non-hydrogen) atoms. The number of carbonyl (C=O) groups excluding carboxylic acids is 2. The van der Waals surface area contributed by atoms with E-state index in [-0.39, 0.29) is 23.8 Å². The molecule has 4 rings (SSSR count). The number of aromatic nitrogens is 1. The number of pyridine rings is 1. The smallest absolute Gasteiger partial charge is 0.235 e. The Bertz CT molecular complexity index is 997. The first-order valence-corrected chi connectivity index (χ1v) is 10.7. The third-order valence-electron chi connectivity index (χ3n) is 5.79. The second kappa shape index (κ2) is 9.56. The molecule has 0 saturated carbocycles. The zero-order valence-corrected chi connectivity index (χ0v) is 17.7. The lowest BCUT2D eigenvalue weighted by atomic mass is 9.89. The van der Waals surface area contributed by atoms with Crippen LogP contribution >= 0.6 is 0 Å². The minimum atomic E-state index is -0.330. The van der Waals surface area contributed by atoms with Gasteiger partial charge < -0.3 is 10.2 Å². The summed E-state index contributed by atoms with van der Waals surface area (Å²) in [5.41, 5.74) is 3.88. The SMILES string of the molecule is CC(=O)NCc1cc([C@@H]2CCCN2C(=O)C(c2ccccc2)c2ccccc2)ccn1. The maximum atomic E-state index is 13.9. The van der Waals surface area contributed by atoms with Crippen LogP contribution < -0.4 is 5.32 Å². The molecule has 1 atom stereocenters. The van der Waals surface area contributed by atoms with Crippen LogP contribution in [0, 0.1) is 0 Å². The van der Waals surface area contributed by atoms with E-state index in [0.717, 1.165) is 41.8 Å². The van der Waals surface area contributed by atoms with Crippen LogP contribution in [-0.2, 0) is 16.1 Å². The molecular formula is C26H27N3O2. The van der Waals surface area contributed by atoms with E-state index < -0.39 is 0 Å². The van der Waals surface area contributed by atoms with Crippen LogP contribution in [0.25, 0.3) is 0 Å². The molecule has 2 aromatic carbocycles. The van der Waals surface area contributed by atoms with Gasteiger partial charge in [0.05, 0.1) is 24.2 Å². The van der Waals surface area contributed by atoms with Gasteiger partial charge in [0, 0.05) is 19.7 Å². The molecule has 1 N–H and O–H groups in total. The molecule has 2 heterocycles. The second-order valence-electron chi connectivity index (χ2n) is 7.93. The minimum absolute atomic E-state index is 0.0153. The lowest BCUT2D eigenvalue weighted by Gasteiger charge is -2.30. The fourth-order valence-corrected chi connectivity index (χ4v) is 4.33. The van der Waals surface area contributed by atoms with Gasteiger partial charge in [0.2, 0.25) is 11.8 Å². The number of benzene rings is 2. The van der Waals surface area contributed by atoms with Crippen LogP contribution in [0.4, 0.5) is 0 Å². The summed E-state index contributed by atoms with van der Waals surface area (Å²) in [4.78, 5) is 31.5. The highest BCUT2D eigenvalue weighted by molar-refractivity contribution is 5.87. The molecular weight excluding hydrogens is 386 g/mol. The first kappa shape index (κ1) is 20.8. The Morgan fingerprint density at radius 1 is 1.03 bits per heavy atom. The molecule has 1 aromatic heterocycles. The zero-order valence-electron chi connectivity index (χ0n) is 17.7. The fraction of sp³-hybridized carbons (Fsp3) is 0.269. The van der Waals surface area contributed by atoms with Crippen LogP contribution in [0.2, 0.25) is 0 Å². The summed E-state index contributed by atoms with van der Waals surface area (Å²) in [5, 5.41) is 2.79. The molecule has 3 aromatic rings. The molecule has 1 saturated heterocycles. The second-order valence-corrected chi connectivity index (χ2v) is 7.93. The van der Waals surface area contributed by atoms with Gasteiger partial charge in [-0.3, -0.25) is 14.6 Å². The lowest BCUT2D eigenvalue weighted by molar-refractivity contribution is -0.132. The van der Waals surface area contributed by atoms with Crippen molar-refractivity contribution in [3.8, 4) is 0 Å². The quantitative estimate of drug-likeness (QED) is 0.658. The standard InChI is InChI=1S/C26H27N3O2/c1-19(30)28-18-23-17-22(14-15-27-23)24-13-8-16-29(24)26(31)25(20-9-4-2-5-10-20)21-11-6-3-7-12-21/h2-7,9-12,14-15,17,24-25H,8,13,16,18H2,1H3,(H,28,30)/t24-/m0/s1. The van der Waals surface area contributed by atoms with Gasteiger partial charge in [0.15, 0.2) is 0 Å². The maximum Gasteiger partial charge on any atom is 0.235 e. The average molecular weight is 414 g/mol. The van der Waals surface area contributed by atoms with Gasteiger partial charge in [-0.2, -0.15) is 0 Å². The first-order valence-electron chi connectivity index (χ1n) is 10.7. The average Bonchev–Trinajstić information content (AvgIpc) is 3.30. The van der Waals surface area contributed by atoms with Crippen molar-refractivity contribution in [2.24, 2.45) is 0 Å². The first-order chi connectivity index (χ1) is 15.1. The number of rotatable bonds is 6. The van der Waals surface area contributed by atoms with Gasteiger partial charge in [-0.25, -0.2) is 0 Å². The molecule has 1 aliphatic rings. The molecule has 0 unspecified atom stereocenters. The molecule has 2 amide bonds. The fourth-order valence-electron chi connectivity index (χ4n) is 4.33. The zero-order chi connectivity index (χ0) is 21.6. The summed E-state index contributed by atoms with van der Waals surface area (Å²) in [6.07, 6.45) is 3.65. The normalized spacial score (nSPS) is 15.8. The Balaban J connectivity index is 1.63. The molecule has 5 heteroatoms. The predicted octanol–water partition coefficient (Wildman–Crippen LogP) is 4.21. The third-order valence-corrected chi connectivity index (χ3v) is 5.79. The Labute approximate surface area is 183 Å². The maximum absolute atomic E-state index is 13.9. The highest BCUT2D eigenvalue weighted by Crippen LogP contribution is 2.36. The van der Waals surface area contributed by atoms with Gasteiger partial charge in [0.1, 0.15) is 0 Å². The van der Waals surface area contributed by atoms with E-state index in [1.807, 2.05) is 77.7 Å². The van der Waals surface area contributed by atoms with Crippen LogP contribution in [0.3, 0.4) is 0 Å². The van der Waals surface area contributed by atoms with E-state index in [0.29, 0.717) is 6.54 Å². The molecule has 0 radical (unpaired) electrons. The van der Waals surface area contributed by atoms with Crippen LogP contribution in [-0.4, -0.2) is 28.2 Å². The van der Waals surface area contributed by atoms with Crippen LogP contribution in [0.1, 0.15) is 54.1 Å². The van der Waals surface area contributed by atoms with Crippen molar-refractivity contribution in [1.29, 1.82) is 0 Å². The van der Waals surface area contributed by atoms with Crippen LogP contribution in [0.15, 0.2) is 79.0 Å². The van der Waals surface area contributed by atoms with E-state index in [4.69, 9.17) is 0 Å². The number of nitrogens with zero attached hydrogens (tertiary/aromatic N) is 2. The molecule has 0 spiro atoms. The summed E-state index contributed by atoms with van der Waals surface area (Å²) in [6.45, 7) is 2.62. The van der Waals surface area contributed by atoms with E-state index in [1.165, 1.54) is 6.92 Å². The van der Waals surface area contributed by atoms with E-state index in [9.17, 15) is 9.59 Å². The highest BCUT2D eigenvalue weighted by atomic mass is 16.2. The molecule has 158 valence electrons. The Morgan fingerprint density at radius 3 is 2.29 bits per heavy atom. The molecule has 0 bridgehead atoms. The Hall–Kier alpha value is -3.47. The van der Waals surface area contributed by atoms with Crippen molar-refractivity contribution in [3.05, 3.63) is 101 Å². The Morgan fingerprint density at radius 2 is 1.68 bits per heavy atom. The number of carbonyl (C=O) groups is 2. The minimum Gasteiger partial charge on any atom is -0.351 e. The number of amides is 2. The van der Waals surface area contributed by atoms with Gasteiger partial charge in [-0.15, -0.1) is 0 Å². The van der Waals surface area contributed by atoms with Crippen molar-refractivity contribution < 1.29 is 9.59 Å². The largest absolute Gasteiger partial charge is 0.351 e. The van der Waals surface area contributed by atoms with Gasteiger partial charge in [-0.05, 0) is 41.7 Å². The van der Waals surface area contributed by atoms with Gasteiger partial charge in [0.25, 0.3) is 0 Å². The summed E-state index contributed by atoms with van der Waals surface area (Å²) in [7, 11) is 0.